The SMILES string of the molecule is CC[C@H](C(=O)NC(C)(C)C)N(Cc1ccc(C)cc1)C(=O)CN(c1cc(Cl)ccc1OC)S(=O)(=O)c1ccc(OC)c(OC)c1. The number of carbonyl (C=O) groups is 2. The highest BCUT2D eigenvalue weighted by molar-refractivity contribution is 7.92. The minimum absolute atomic E-state index is 0.0515. The molecule has 0 unspecified atom stereocenters. The van der Waals surface area contributed by atoms with Crippen LogP contribution in [0.2, 0.25) is 5.02 Å². The largest absolute Gasteiger partial charge is 0.495 e. The van der Waals surface area contributed by atoms with Crippen LogP contribution >= 0.6 is 11.6 Å². The summed E-state index contributed by atoms with van der Waals surface area (Å²) in [5, 5.41) is 3.20. The van der Waals surface area contributed by atoms with Gasteiger partial charge in [-0.2, -0.15) is 0 Å². The highest BCUT2D eigenvalue weighted by Gasteiger charge is 2.36. The topological polar surface area (TPSA) is 114 Å². The fourth-order valence-electron chi connectivity index (χ4n) is 4.74. The van der Waals surface area contributed by atoms with Crippen LogP contribution in [0.5, 0.6) is 17.2 Å². The number of ether oxygens (including phenoxy) is 3. The van der Waals surface area contributed by atoms with Gasteiger partial charge in [0, 0.05) is 23.2 Å². The van der Waals surface area contributed by atoms with Crippen LogP contribution in [-0.4, -0.2) is 64.6 Å². The van der Waals surface area contributed by atoms with E-state index in [0.29, 0.717) is 12.2 Å². The van der Waals surface area contributed by atoms with Gasteiger partial charge in [-0.15, -0.1) is 0 Å². The fourth-order valence-corrected chi connectivity index (χ4v) is 6.34. The lowest BCUT2D eigenvalue weighted by atomic mass is 10.1. The summed E-state index contributed by atoms with van der Waals surface area (Å²) in [6, 6.07) is 15.3. The van der Waals surface area contributed by atoms with Crippen LogP contribution in [0.1, 0.15) is 45.2 Å². The highest BCUT2D eigenvalue weighted by Crippen LogP contribution is 2.37. The van der Waals surface area contributed by atoms with Crippen LogP contribution < -0.4 is 23.8 Å². The van der Waals surface area contributed by atoms with Gasteiger partial charge in [-0.1, -0.05) is 48.4 Å². The van der Waals surface area contributed by atoms with Gasteiger partial charge < -0.3 is 24.4 Å². The third-order valence-electron chi connectivity index (χ3n) is 6.99. The maximum atomic E-state index is 14.4. The second-order valence-electron chi connectivity index (χ2n) is 11.5. The van der Waals surface area contributed by atoms with Crippen LogP contribution in [0.4, 0.5) is 5.69 Å². The number of carbonyl (C=O) groups excluding carboxylic acids is 2. The molecule has 0 saturated carbocycles. The molecule has 0 aliphatic carbocycles. The van der Waals surface area contributed by atoms with E-state index in [4.69, 9.17) is 25.8 Å². The van der Waals surface area contributed by atoms with Gasteiger partial charge >= 0.3 is 0 Å². The van der Waals surface area contributed by atoms with Gasteiger partial charge in [0.25, 0.3) is 10.0 Å². The number of rotatable bonds is 13. The van der Waals surface area contributed by atoms with Crippen molar-refractivity contribution in [2.45, 2.75) is 64.1 Å². The first kappa shape index (κ1) is 35.5. The van der Waals surface area contributed by atoms with Gasteiger partial charge in [0.2, 0.25) is 11.8 Å². The molecule has 0 bridgehead atoms. The van der Waals surface area contributed by atoms with Crippen molar-refractivity contribution in [2.24, 2.45) is 0 Å². The molecular formula is C33H42ClN3O7S. The van der Waals surface area contributed by atoms with Crippen molar-refractivity contribution in [2.75, 3.05) is 32.2 Å². The zero-order valence-corrected chi connectivity index (χ0v) is 28.6. The van der Waals surface area contributed by atoms with Crippen LogP contribution in [0.25, 0.3) is 0 Å². The molecule has 3 rings (SSSR count). The fraction of sp³-hybridized carbons (Fsp3) is 0.394. The number of nitrogens with one attached hydrogen (secondary N) is 1. The maximum absolute atomic E-state index is 14.4. The van der Waals surface area contributed by atoms with Crippen molar-refractivity contribution < 1.29 is 32.2 Å². The molecule has 1 atom stereocenters. The zero-order chi connectivity index (χ0) is 33.5. The first-order valence-electron chi connectivity index (χ1n) is 14.4. The number of sulfonamides is 1. The van der Waals surface area contributed by atoms with E-state index in [2.05, 4.69) is 5.32 Å². The van der Waals surface area contributed by atoms with E-state index in [1.807, 2.05) is 52.0 Å². The number of benzene rings is 3. The van der Waals surface area contributed by atoms with E-state index in [0.717, 1.165) is 15.4 Å². The molecule has 244 valence electrons. The minimum Gasteiger partial charge on any atom is -0.495 e. The average Bonchev–Trinajstić information content (AvgIpc) is 2.99. The maximum Gasteiger partial charge on any atom is 0.265 e. The molecule has 0 saturated heterocycles. The molecule has 0 aliphatic heterocycles. The van der Waals surface area contributed by atoms with Crippen molar-refractivity contribution >= 4 is 39.1 Å². The Morgan fingerprint density at radius 1 is 0.889 bits per heavy atom. The summed E-state index contributed by atoms with van der Waals surface area (Å²) in [6.07, 6.45) is 0.294. The Morgan fingerprint density at radius 2 is 1.49 bits per heavy atom. The quantitative estimate of drug-likeness (QED) is 0.254. The summed E-state index contributed by atoms with van der Waals surface area (Å²) in [5.41, 5.74) is 1.32. The molecule has 0 radical (unpaired) electrons. The second kappa shape index (κ2) is 14.9. The molecule has 0 fully saturated rings. The van der Waals surface area contributed by atoms with Gasteiger partial charge in [-0.25, -0.2) is 8.42 Å². The van der Waals surface area contributed by atoms with Gasteiger partial charge in [-0.05, 0) is 70.0 Å². The number of hydrogen-bond donors (Lipinski definition) is 1. The molecule has 1 N–H and O–H groups in total. The first-order chi connectivity index (χ1) is 21.1. The van der Waals surface area contributed by atoms with Crippen LogP contribution in [-0.2, 0) is 26.2 Å². The summed E-state index contributed by atoms with van der Waals surface area (Å²) in [5.74, 6) is -0.246. The molecule has 0 spiro atoms. The Hall–Kier alpha value is -3.96. The molecular weight excluding hydrogens is 618 g/mol. The Bertz CT molecular complexity index is 1610. The van der Waals surface area contributed by atoms with E-state index in [-0.39, 0.29) is 39.6 Å². The number of methoxy groups -OCH3 is 3. The second-order valence-corrected chi connectivity index (χ2v) is 13.8. The lowest BCUT2D eigenvalue weighted by molar-refractivity contribution is -0.141. The number of nitrogens with zero attached hydrogens (tertiary/aromatic N) is 2. The van der Waals surface area contributed by atoms with E-state index >= 15 is 0 Å². The van der Waals surface area contributed by atoms with Crippen molar-refractivity contribution in [3.63, 3.8) is 0 Å². The predicted octanol–water partition coefficient (Wildman–Crippen LogP) is 5.59. The van der Waals surface area contributed by atoms with E-state index < -0.39 is 34.1 Å². The van der Waals surface area contributed by atoms with Crippen molar-refractivity contribution in [3.8, 4) is 17.2 Å². The molecule has 45 heavy (non-hydrogen) atoms. The Morgan fingerprint density at radius 3 is 2.04 bits per heavy atom. The minimum atomic E-state index is -4.44. The van der Waals surface area contributed by atoms with Gasteiger partial charge in [0.05, 0.1) is 31.9 Å². The van der Waals surface area contributed by atoms with Crippen LogP contribution in [0.3, 0.4) is 0 Å². The van der Waals surface area contributed by atoms with Crippen molar-refractivity contribution in [1.29, 1.82) is 0 Å². The van der Waals surface area contributed by atoms with E-state index in [1.54, 1.807) is 13.0 Å². The number of halogens is 1. The average molecular weight is 660 g/mol. The smallest absolute Gasteiger partial charge is 0.265 e. The third kappa shape index (κ3) is 8.82. The Balaban J connectivity index is 2.18. The summed E-state index contributed by atoms with van der Waals surface area (Å²) in [4.78, 5) is 29.2. The molecule has 10 nitrogen and oxygen atoms in total. The molecule has 0 heterocycles. The van der Waals surface area contributed by atoms with E-state index in [9.17, 15) is 18.0 Å². The van der Waals surface area contributed by atoms with Crippen LogP contribution in [0, 0.1) is 6.92 Å². The number of amides is 2. The molecule has 0 aromatic heterocycles. The lowest BCUT2D eigenvalue weighted by Crippen LogP contribution is -2.55. The summed E-state index contributed by atoms with van der Waals surface area (Å²) < 4.78 is 45.8. The number of anilines is 1. The predicted molar refractivity (Wildman–Crippen MR) is 176 cm³/mol. The van der Waals surface area contributed by atoms with Gasteiger partial charge in [0.15, 0.2) is 11.5 Å². The zero-order valence-electron chi connectivity index (χ0n) is 27.0. The van der Waals surface area contributed by atoms with E-state index in [1.165, 1.54) is 56.6 Å². The Kier molecular flexibility index (Phi) is 11.7. The standard InChI is InChI=1S/C33H42ClN3O7S/c1-9-26(32(39)35-33(3,4)5)36(20-23-12-10-22(2)11-13-23)31(38)21-37(27-18-24(34)14-16-28(27)42-6)45(40,41)25-15-17-29(43-7)30(19-25)44-8/h10-19,26H,9,20-21H2,1-8H3,(H,35,39)/t26-/m1/s1. The molecule has 3 aromatic rings. The third-order valence-corrected chi connectivity index (χ3v) is 8.98. The van der Waals surface area contributed by atoms with Gasteiger partial charge in [0.1, 0.15) is 18.3 Å². The van der Waals surface area contributed by atoms with Crippen molar-refractivity contribution in [3.05, 3.63) is 76.8 Å². The van der Waals surface area contributed by atoms with Crippen molar-refractivity contribution in [1.82, 2.24) is 10.2 Å². The van der Waals surface area contributed by atoms with Crippen LogP contribution in [0.15, 0.2) is 65.6 Å². The molecule has 12 heteroatoms. The Labute approximate surface area is 271 Å². The summed E-state index contributed by atoms with van der Waals surface area (Å²) >= 11 is 6.33. The normalized spacial score (nSPS) is 12.2. The monoisotopic (exact) mass is 659 g/mol. The number of aryl methyl sites for hydroxylation is 1. The highest BCUT2D eigenvalue weighted by atomic mass is 35.5. The molecule has 0 aliphatic rings. The lowest BCUT2D eigenvalue weighted by Gasteiger charge is -2.35. The molecule has 3 aromatic carbocycles. The summed E-state index contributed by atoms with van der Waals surface area (Å²) in [6.45, 7) is 8.74. The molecule has 2 amide bonds. The van der Waals surface area contributed by atoms with Gasteiger partial charge in [-0.3, -0.25) is 13.9 Å². The first-order valence-corrected chi connectivity index (χ1v) is 16.2. The number of hydrogen-bond acceptors (Lipinski definition) is 7. The summed E-state index contributed by atoms with van der Waals surface area (Å²) in [7, 11) is -0.210.